The lowest BCUT2D eigenvalue weighted by atomic mass is 10.1. The number of hydrogen-bond donors (Lipinski definition) is 1. The van der Waals surface area contributed by atoms with E-state index in [0.29, 0.717) is 0 Å². The Kier molecular flexibility index (Phi) is 2.65. The van der Waals surface area contributed by atoms with Crippen LogP contribution >= 0.6 is 0 Å². The SMILES string of the molecule is OC1CCCn2c1nnc2C1CCCCO1. The predicted molar refractivity (Wildman–Crippen MR) is 56.8 cm³/mol. The van der Waals surface area contributed by atoms with E-state index in [1.54, 1.807) is 0 Å². The summed E-state index contributed by atoms with van der Waals surface area (Å²) in [7, 11) is 0. The van der Waals surface area contributed by atoms with Gasteiger partial charge < -0.3 is 14.4 Å². The van der Waals surface area contributed by atoms with Gasteiger partial charge in [0.25, 0.3) is 0 Å². The summed E-state index contributed by atoms with van der Waals surface area (Å²) in [6.45, 7) is 1.73. The van der Waals surface area contributed by atoms with E-state index in [0.717, 1.165) is 50.5 Å². The number of nitrogens with zero attached hydrogens (tertiary/aromatic N) is 3. The Hall–Kier alpha value is -0.940. The van der Waals surface area contributed by atoms with E-state index in [1.807, 2.05) is 4.57 Å². The molecule has 0 bridgehead atoms. The Morgan fingerprint density at radius 1 is 1.12 bits per heavy atom. The first-order valence-corrected chi connectivity index (χ1v) is 6.09. The maximum absolute atomic E-state index is 9.81. The van der Waals surface area contributed by atoms with Gasteiger partial charge in [-0.25, -0.2) is 0 Å². The number of hydrogen-bond acceptors (Lipinski definition) is 4. The van der Waals surface area contributed by atoms with Crippen LogP contribution in [0.3, 0.4) is 0 Å². The lowest BCUT2D eigenvalue weighted by molar-refractivity contribution is 0.00597. The molecule has 3 rings (SSSR count). The van der Waals surface area contributed by atoms with Gasteiger partial charge in [-0.05, 0) is 32.1 Å². The first-order chi connectivity index (χ1) is 7.86. The van der Waals surface area contributed by atoms with Gasteiger partial charge in [-0.1, -0.05) is 0 Å². The topological polar surface area (TPSA) is 60.2 Å². The van der Waals surface area contributed by atoms with Crippen molar-refractivity contribution in [2.24, 2.45) is 0 Å². The molecule has 1 aromatic heterocycles. The second-order valence-corrected chi connectivity index (χ2v) is 4.58. The van der Waals surface area contributed by atoms with Crippen LogP contribution in [0.25, 0.3) is 0 Å². The zero-order valence-electron chi connectivity index (χ0n) is 9.30. The van der Waals surface area contributed by atoms with Gasteiger partial charge >= 0.3 is 0 Å². The summed E-state index contributed by atoms with van der Waals surface area (Å²) >= 11 is 0. The fourth-order valence-corrected chi connectivity index (χ4v) is 2.56. The van der Waals surface area contributed by atoms with Crippen molar-refractivity contribution in [3.05, 3.63) is 11.6 Å². The van der Waals surface area contributed by atoms with Gasteiger partial charge in [0, 0.05) is 13.2 Å². The summed E-state index contributed by atoms with van der Waals surface area (Å²) in [5.74, 6) is 1.63. The average molecular weight is 223 g/mol. The van der Waals surface area contributed by atoms with Crippen LogP contribution in [0.5, 0.6) is 0 Å². The highest BCUT2D eigenvalue weighted by molar-refractivity contribution is 5.04. The van der Waals surface area contributed by atoms with Gasteiger partial charge in [0.05, 0.1) is 0 Å². The molecular weight excluding hydrogens is 206 g/mol. The normalized spacial score (nSPS) is 30.1. The molecule has 2 unspecified atom stereocenters. The number of aromatic nitrogens is 3. The summed E-state index contributed by atoms with van der Waals surface area (Å²) in [6, 6.07) is 0. The Morgan fingerprint density at radius 2 is 2.00 bits per heavy atom. The van der Waals surface area contributed by atoms with Crippen molar-refractivity contribution in [1.82, 2.24) is 14.8 Å². The van der Waals surface area contributed by atoms with E-state index >= 15 is 0 Å². The minimum Gasteiger partial charge on any atom is -0.385 e. The fraction of sp³-hybridized carbons (Fsp3) is 0.818. The predicted octanol–water partition coefficient (Wildman–Crippen LogP) is 1.35. The lowest BCUT2D eigenvalue weighted by Crippen LogP contribution is -2.21. The highest BCUT2D eigenvalue weighted by Gasteiger charge is 2.28. The van der Waals surface area contributed by atoms with Crippen LogP contribution in [0.4, 0.5) is 0 Å². The van der Waals surface area contributed by atoms with Gasteiger partial charge in [0.2, 0.25) is 0 Å². The van der Waals surface area contributed by atoms with Crippen LogP contribution in [0, 0.1) is 0 Å². The van der Waals surface area contributed by atoms with Gasteiger partial charge in [-0.2, -0.15) is 0 Å². The first kappa shape index (κ1) is 10.2. The Balaban J connectivity index is 1.89. The molecule has 0 aromatic carbocycles. The Bertz CT molecular complexity index is 371. The summed E-state index contributed by atoms with van der Waals surface area (Å²) in [4.78, 5) is 0. The Morgan fingerprint density at radius 3 is 2.81 bits per heavy atom. The van der Waals surface area contributed by atoms with E-state index < -0.39 is 6.10 Å². The molecule has 3 heterocycles. The maximum atomic E-state index is 9.81. The van der Waals surface area contributed by atoms with Crippen LogP contribution in [0.1, 0.15) is 56.0 Å². The zero-order chi connectivity index (χ0) is 11.0. The summed E-state index contributed by atoms with van der Waals surface area (Å²) in [5, 5.41) is 18.1. The average Bonchev–Trinajstić information content (AvgIpc) is 2.75. The van der Waals surface area contributed by atoms with Gasteiger partial charge in [-0.15, -0.1) is 10.2 Å². The largest absolute Gasteiger partial charge is 0.385 e. The second-order valence-electron chi connectivity index (χ2n) is 4.58. The molecule has 0 spiro atoms. The number of ether oxygens (including phenoxy) is 1. The van der Waals surface area contributed by atoms with Crippen molar-refractivity contribution in [2.45, 2.75) is 50.9 Å². The molecular formula is C11H17N3O2. The molecule has 0 saturated carbocycles. The molecule has 5 nitrogen and oxygen atoms in total. The standard InChI is InChI=1S/C11H17N3O2/c15-8-4-3-6-14-10(8)12-13-11(14)9-5-1-2-7-16-9/h8-9,15H,1-7H2. The van der Waals surface area contributed by atoms with Crippen LogP contribution in [0.15, 0.2) is 0 Å². The molecule has 1 saturated heterocycles. The van der Waals surface area contributed by atoms with Crippen molar-refractivity contribution in [1.29, 1.82) is 0 Å². The zero-order valence-corrected chi connectivity index (χ0v) is 9.30. The number of rotatable bonds is 1. The number of aliphatic hydroxyl groups excluding tert-OH is 1. The number of aliphatic hydroxyl groups is 1. The van der Waals surface area contributed by atoms with Crippen LogP contribution in [0.2, 0.25) is 0 Å². The van der Waals surface area contributed by atoms with Gasteiger partial charge in [-0.3, -0.25) is 0 Å². The molecule has 0 aliphatic carbocycles. The van der Waals surface area contributed by atoms with E-state index in [9.17, 15) is 5.11 Å². The third-order valence-corrected chi connectivity index (χ3v) is 3.43. The van der Waals surface area contributed by atoms with Crippen molar-refractivity contribution >= 4 is 0 Å². The molecule has 16 heavy (non-hydrogen) atoms. The third kappa shape index (κ3) is 1.64. The monoisotopic (exact) mass is 223 g/mol. The van der Waals surface area contributed by atoms with Gasteiger partial charge in [0.1, 0.15) is 12.2 Å². The van der Waals surface area contributed by atoms with Crippen molar-refractivity contribution in [3.8, 4) is 0 Å². The van der Waals surface area contributed by atoms with Crippen molar-refractivity contribution < 1.29 is 9.84 Å². The molecule has 2 aliphatic rings. The summed E-state index contributed by atoms with van der Waals surface area (Å²) in [5.41, 5.74) is 0. The number of fused-ring (bicyclic) bond motifs is 1. The van der Waals surface area contributed by atoms with Crippen molar-refractivity contribution in [2.75, 3.05) is 6.61 Å². The van der Waals surface area contributed by atoms with Gasteiger partial charge in [0.15, 0.2) is 11.6 Å². The van der Waals surface area contributed by atoms with E-state index in [2.05, 4.69) is 10.2 Å². The highest BCUT2D eigenvalue weighted by Crippen LogP contribution is 2.31. The minimum atomic E-state index is -0.446. The quantitative estimate of drug-likeness (QED) is 0.780. The van der Waals surface area contributed by atoms with Crippen molar-refractivity contribution in [3.63, 3.8) is 0 Å². The fourth-order valence-electron chi connectivity index (χ4n) is 2.56. The molecule has 0 amide bonds. The van der Waals surface area contributed by atoms with E-state index in [1.165, 1.54) is 6.42 Å². The lowest BCUT2D eigenvalue weighted by Gasteiger charge is -2.25. The molecule has 1 aromatic rings. The smallest absolute Gasteiger partial charge is 0.162 e. The third-order valence-electron chi connectivity index (χ3n) is 3.43. The summed E-state index contributed by atoms with van der Waals surface area (Å²) < 4.78 is 7.76. The van der Waals surface area contributed by atoms with E-state index in [4.69, 9.17) is 4.74 Å². The molecule has 1 fully saturated rings. The molecule has 2 atom stereocenters. The maximum Gasteiger partial charge on any atom is 0.162 e. The molecule has 88 valence electrons. The minimum absolute atomic E-state index is 0.0836. The molecule has 0 radical (unpaired) electrons. The van der Waals surface area contributed by atoms with Crippen LogP contribution in [-0.2, 0) is 11.3 Å². The molecule has 1 N–H and O–H groups in total. The van der Waals surface area contributed by atoms with E-state index in [-0.39, 0.29) is 6.10 Å². The first-order valence-electron chi connectivity index (χ1n) is 6.09. The highest BCUT2D eigenvalue weighted by atomic mass is 16.5. The van der Waals surface area contributed by atoms with Crippen LogP contribution < -0.4 is 0 Å². The molecule has 2 aliphatic heterocycles. The summed E-state index contributed by atoms with van der Waals surface area (Å²) in [6.07, 6.45) is 4.78. The second kappa shape index (κ2) is 4.14. The Labute approximate surface area is 94.4 Å². The molecule has 5 heteroatoms. The van der Waals surface area contributed by atoms with Crippen LogP contribution in [-0.4, -0.2) is 26.5 Å².